The molecule has 1 N–H and O–H groups in total. The van der Waals surface area contributed by atoms with E-state index in [9.17, 15) is 4.39 Å². The lowest BCUT2D eigenvalue weighted by Gasteiger charge is -2.17. The van der Waals surface area contributed by atoms with Gasteiger partial charge in [-0.25, -0.2) is 14.1 Å². The van der Waals surface area contributed by atoms with Crippen LogP contribution in [0.3, 0.4) is 0 Å². The Morgan fingerprint density at radius 2 is 1.78 bits per heavy atom. The first-order valence-electron chi connectivity index (χ1n) is 12.6. The predicted octanol–water partition coefficient (Wildman–Crippen LogP) is 4.37. The Balaban J connectivity index is 1.10. The van der Waals surface area contributed by atoms with Gasteiger partial charge < -0.3 is 14.6 Å². The van der Waals surface area contributed by atoms with E-state index in [0.717, 1.165) is 52.5 Å². The molecular formula is C28H29FN8. The molecule has 1 fully saturated rings. The van der Waals surface area contributed by atoms with Gasteiger partial charge in [-0.3, -0.25) is 4.98 Å². The quantitative estimate of drug-likeness (QED) is 0.344. The van der Waals surface area contributed by atoms with Gasteiger partial charge in [-0.05, 0) is 54.7 Å². The fourth-order valence-electron chi connectivity index (χ4n) is 4.83. The first kappa shape index (κ1) is 23.3. The molecule has 5 heterocycles. The number of imidazole rings is 1. The van der Waals surface area contributed by atoms with Crippen molar-refractivity contribution in [2.24, 2.45) is 0 Å². The molecule has 0 unspecified atom stereocenters. The lowest BCUT2D eigenvalue weighted by Crippen LogP contribution is -2.17. The summed E-state index contributed by atoms with van der Waals surface area (Å²) in [7, 11) is 0. The Kier molecular flexibility index (Phi) is 6.36. The van der Waals surface area contributed by atoms with E-state index in [1.54, 1.807) is 6.92 Å². The molecule has 5 aromatic rings. The lowest BCUT2D eigenvalue weighted by atomic mass is 10.1. The third-order valence-corrected chi connectivity index (χ3v) is 6.80. The molecule has 0 amide bonds. The number of nitrogens with one attached hydrogen (secondary N) is 1. The number of pyridine rings is 2. The molecule has 0 bridgehead atoms. The number of hydrogen-bond acceptors (Lipinski definition) is 6. The van der Waals surface area contributed by atoms with Gasteiger partial charge in [-0.1, -0.05) is 23.4 Å². The molecule has 0 spiro atoms. The van der Waals surface area contributed by atoms with Crippen LogP contribution in [-0.4, -0.2) is 42.5 Å². The highest BCUT2D eigenvalue weighted by molar-refractivity contribution is 5.63. The SMILES string of the molecule is Cc1cc(CNCc2ccc3nc(Cn4cc(-c5cncc(N6CCCC6)c5)nn4)cn3c2)ccc1F. The molecule has 1 aromatic carbocycles. The Hall–Kier alpha value is -4.11. The zero-order valence-corrected chi connectivity index (χ0v) is 20.8. The average molecular weight is 497 g/mol. The smallest absolute Gasteiger partial charge is 0.137 e. The number of nitrogens with zero attached hydrogens (tertiary/aromatic N) is 7. The van der Waals surface area contributed by atoms with Crippen molar-refractivity contribution in [3.05, 3.63) is 95.6 Å². The van der Waals surface area contributed by atoms with Crippen LogP contribution in [0.25, 0.3) is 16.9 Å². The standard InChI is InChI=1S/C28H29FN8/c1-20-10-21(4-6-26(20)29)12-30-13-22-5-7-28-32-24(17-36(28)16-22)18-37-19-27(33-34-37)23-11-25(15-31-14-23)35-8-2-3-9-35/h4-7,10-11,14-17,19,30H,2-3,8-9,12-13,18H2,1H3. The number of fused-ring (bicyclic) bond motifs is 1. The fraction of sp³-hybridized carbons (Fsp3) is 0.286. The third-order valence-electron chi connectivity index (χ3n) is 6.80. The van der Waals surface area contributed by atoms with Crippen LogP contribution in [0.15, 0.2) is 67.4 Å². The van der Waals surface area contributed by atoms with E-state index in [2.05, 4.69) is 43.8 Å². The van der Waals surface area contributed by atoms with Gasteiger partial charge in [0.1, 0.15) is 17.2 Å². The summed E-state index contributed by atoms with van der Waals surface area (Å²) in [6, 6.07) is 11.4. The first-order valence-corrected chi connectivity index (χ1v) is 12.6. The lowest BCUT2D eigenvalue weighted by molar-refractivity contribution is 0.615. The van der Waals surface area contributed by atoms with Crippen LogP contribution < -0.4 is 10.2 Å². The zero-order valence-electron chi connectivity index (χ0n) is 20.8. The van der Waals surface area contributed by atoms with Gasteiger partial charge >= 0.3 is 0 Å². The van der Waals surface area contributed by atoms with Gasteiger partial charge in [0.15, 0.2) is 0 Å². The van der Waals surface area contributed by atoms with Crippen molar-refractivity contribution in [1.82, 2.24) is 34.7 Å². The Morgan fingerprint density at radius 3 is 2.65 bits per heavy atom. The summed E-state index contributed by atoms with van der Waals surface area (Å²) in [6.07, 6.45) is 12.3. The molecule has 9 heteroatoms. The molecular weight excluding hydrogens is 467 g/mol. The zero-order chi connectivity index (χ0) is 25.2. The number of hydrogen-bond donors (Lipinski definition) is 1. The Labute approximate surface area is 214 Å². The van der Waals surface area contributed by atoms with Crippen molar-refractivity contribution >= 4 is 11.3 Å². The number of aromatic nitrogens is 6. The summed E-state index contributed by atoms with van der Waals surface area (Å²) >= 11 is 0. The highest BCUT2D eigenvalue weighted by atomic mass is 19.1. The predicted molar refractivity (Wildman–Crippen MR) is 141 cm³/mol. The van der Waals surface area contributed by atoms with Crippen molar-refractivity contribution in [2.75, 3.05) is 18.0 Å². The van der Waals surface area contributed by atoms with Gasteiger partial charge in [0.25, 0.3) is 0 Å². The average Bonchev–Trinajstić information content (AvgIpc) is 3.67. The van der Waals surface area contributed by atoms with E-state index < -0.39 is 0 Å². The maximum atomic E-state index is 13.5. The number of halogens is 1. The molecule has 0 atom stereocenters. The summed E-state index contributed by atoms with van der Waals surface area (Å²) in [4.78, 5) is 11.5. The van der Waals surface area contributed by atoms with Crippen molar-refractivity contribution in [3.63, 3.8) is 0 Å². The van der Waals surface area contributed by atoms with Crippen molar-refractivity contribution in [3.8, 4) is 11.3 Å². The van der Waals surface area contributed by atoms with Crippen molar-refractivity contribution in [2.45, 2.75) is 39.4 Å². The first-order chi connectivity index (χ1) is 18.1. The number of benzene rings is 1. The summed E-state index contributed by atoms with van der Waals surface area (Å²) in [5, 5.41) is 12.1. The Bertz CT molecular complexity index is 1530. The second kappa shape index (κ2) is 10.1. The van der Waals surface area contributed by atoms with E-state index in [0.29, 0.717) is 25.2 Å². The molecule has 1 aliphatic rings. The van der Waals surface area contributed by atoms with E-state index in [-0.39, 0.29) is 5.82 Å². The van der Waals surface area contributed by atoms with Gasteiger partial charge in [0.05, 0.1) is 30.3 Å². The summed E-state index contributed by atoms with van der Waals surface area (Å²) in [5.41, 5.74) is 7.59. The molecule has 4 aromatic heterocycles. The van der Waals surface area contributed by atoms with E-state index in [4.69, 9.17) is 4.98 Å². The summed E-state index contributed by atoms with van der Waals surface area (Å²) < 4.78 is 17.3. The molecule has 0 aliphatic carbocycles. The Morgan fingerprint density at radius 1 is 0.946 bits per heavy atom. The van der Waals surface area contributed by atoms with E-state index >= 15 is 0 Å². The minimum atomic E-state index is -0.170. The number of aryl methyl sites for hydroxylation is 1. The van der Waals surface area contributed by atoms with E-state index in [1.165, 1.54) is 18.9 Å². The van der Waals surface area contributed by atoms with Crippen LogP contribution in [-0.2, 0) is 19.6 Å². The molecule has 0 radical (unpaired) electrons. The maximum absolute atomic E-state index is 13.5. The minimum absolute atomic E-state index is 0.170. The van der Waals surface area contributed by atoms with Crippen LogP contribution in [0.4, 0.5) is 10.1 Å². The van der Waals surface area contributed by atoms with Crippen LogP contribution in [0.1, 0.15) is 35.2 Å². The van der Waals surface area contributed by atoms with Gasteiger partial charge in [-0.15, -0.1) is 5.10 Å². The molecule has 1 aliphatic heterocycles. The number of rotatable bonds is 8. The minimum Gasteiger partial charge on any atom is -0.370 e. The van der Waals surface area contributed by atoms with Crippen molar-refractivity contribution < 1.29 is 4.39 Å². The van der Waals surface area contributed by atoms with E-state index in [1.807, 2.05) is 52.1 Å². The topological polar surface area (TPSA) is 76.2 Å². The molecule has 8 nitrogen and oxygen atoms in total. The van der Waals surface area contributed by atoms with Crippen LogP contribution in [0.5, 0.6) is 0 Å². The molecule has 1 saturated heterocycles. The summed E-state index contributed by atoms with van der Waals surface area (Å²) in [6.45, 7) is 5.87. The molecule has 0 saturated carbocycles. The third kappa shape index (κ3) is 5.22. The number of anilines is 1. The van der Waals surface area contributed by atoms with Crippen LogP contribution in [0, 0.1) is 12.7 Å². The fourth-order valence-corrected chi connectivity index (χ4v) is 4.83. The highest BCUT2D eigenvalue weighted by Crippen LogP contribution is 2.24. The molecule has 37 heavy (non-hydrogen) atoms. The van der Waals surface area contributed by atoms with Gasteiger partial charge in [0.2, 0.25) is 0 Å². The second-order valence-corrected chi connectivity index (χ2v) is 9.65. The van der Waals surface area contributed by atoms with Crippen LogP contribution in [0.2, 0.25) is 0 Å². The largest absolute Gasteiger partial charge is 0.370 e. The van der Waals surface area contributed by atoms with Crippen molar-refractivity contribution in [1.29, 1.82) is 0 Å². The van der Waals surface area contributed by atoms with Gasteiger partial charge in [0, 0.05) is 50.3 Å². The molecule has 188 valence electrons. The normalized spacial score (nSPS) is 13.6. The molecule has 6 rings (SSSR count). The maximum Gasteiger partial charge on any atom is 0.137 e. The van der Waals surface area contributed by atoms with Gasteiger partial charge in [-0.2, -0.15) is 0 Å². The monoisotopic (exact) mass is 496 g/mol. The van der Waals surface area contributed by atoms with Crippen LogP contribution >= 0.6 is 0 Å². The summed E-state index contributed by atoms with van der Waals surface area (Å²) in [5.74, 6) is -0.170. The second-order valence-electron chi connectivity index (χ2n) is 9.65. The highest BCUT2D eigenvalue weighted by Gasteiger charge is 2.14.